The highest BCUT2D eigenvalue weighted by atomic mass is 16.2. The molecule has 6 nitrogen and oxygen atoms in total. The van der Waals surface area contributed by atoms with Crippen LogP contribution in [0.15, 0.2) is 24.3 Å². The Hall–Kier alpha value is -2.21. The van der Waals surface area contributed by atoms with Crippen LogP contribution in [-0.2, 0) is 14.4 Å². The van der Waals surface area contributed by atoms with Gasteiger partial charge in [-0.3, -0.25) is 14.4 Å². The average Bonchev–Trinajstić information content (AvgIpc) is 2.86. The number of rotatable bonds is 4. The summed E-state index contributed by atoms with van der Waals surface area (Å²) in [6.45, 7) is 5.97. The second kappa shape index (κ2) is 7.58. The average molecular weight is 358 g/mol. The SMILES string of the molecule is CC(=O)Nc1ccc(N2C(=O)C[C@@H]([NH2+][C@@H]3CCC[C@@H](C)[C@H]3C)C2=O)cc1. The van der Waals surface area contributed by atoms with Gasteiger partial charge in [-0.25, -0.2) is 4.90 Å². The first-order valence-electron chi connectivity index (χ1n) is 9.46. The first-order chi connectivity index (χ1) is 12.4. The largest absolute Gasteiger partial charge is 0.333 e. The molecule has 4 atom stereocenters. The van der Waals surface area contributed by atoms with E-state index in [2.05, 4.69) is 24.5 Å². The molecule has 0 aromatic heterocycles. The van der Waals surface area contributed by atoms with Gasteiger partial charge in [0, 0.05) is 18.5 Å². The van der Waals surface area contributed by atoms with Crippen LogP contribution in [0, 0.1) is 11.8 Å². The highest BCUT2D eigenvalue weighted by Gasteiger charge is 2.44. The fourth-order valence-corrected chi connectivity index (χ4v) is 4.17. The number of quaternary nitrogens is 1. The predicted octanol–water partition coefficient (Wildman–Crippen LogP) is 1.66. The number of amides is 3. The lowest BCUT2D eigenvalue weighted by atomic mass is 9.78. The van der Waals surface area contributed by atoms with Gasteiger partial charge in [-0.15, -0.1) is 0 Å². The molecule has 1 aliphatic heterocycles. The Morgan fingerprint density at radius 2 is 1.85 bits per heavy atom. The van der Waals surface area contributed by atoms with E-state index in [-0.39, 0.29) is 30.2 Å². The summed E-state index contributed by atoms with van der Waals surface area (Å²) in [4.78, 5) is 37.7. The van der Waals surface area contributed by atoms with Crippen molar-refractivity contribution in [2.75, 3.05) is 10.2 Å². The van der Waals surface area contributed by atoms with Gasteiger partial charge in [0.05, 0.1) is 18.2 Å². The number of nitrogens with two attached hydrogens (primary N) is 1. The molecule has 1 aromatic rings. The molecule has 2 aliphatic rings. The van der Waals surface area contributed by atoms with Gasteiger partial charge in [-0.05, 0) is 49.4 Å². The second-order valence-corrected chi connectivity index (χ2v) is 7.73. The standard InChI is InChI=1S/C20H27N3O3/c1-12-5-4-6-17(13(12)2)22-18-11-19(25)23(20(18)26)16-9-7-15(8-10-16)21-14(3)24/h7-10,12-13,17-18,22H,4-6,11H2,1-3H3,(H,21,24)/p+1/t12-,13-,17-,18-/m1/s1. The van der Waals surface area contributed by atoms with Crippen molar-refractivity contribution in [1.82, 2.24) is 0 Å². The summed E-state index contributed by atoms with van der Waals surface area (Å²) in [6.07, 6.45) is 3.80. The second-order valence-electron chi connectivity index (χ2n) is 7.73. The van der Waals surface area contributed by atoms with E-state index >= 15 is 0 Å². The normalized spacial score (nSPS) is 29.1. The number of carbonyl (C=O) groups is 3. The number of carbonyl (C=O) groups excluding carboxylic acids is 3. The maximum absolute atomic E-state index is 12.8. The van der Waals surface area contributed by atoms with Crippen LogP contribution in [-0.4, -0.2) is 29.8 Å². The van der Waals surface area contributed by atoms with Gasteiger partial charge in [-0.2, -0.15) is 0 Å². The first-order valence-corrected chi connectivity index (χ1v) is 9.46. The van der Waals surface area contributed by atoms with E-state index in [1.807, 2.05) is 0 Å². The van der Waals surface area contributed by atoms with Crippen LogP contribution in [0.5, 0.6) is 0 Å². The molecule has 140 valence electrons. The minimum absolute atomic E-state index is 0.132. The van der Waals surface area contributed by atoms with Gasteiger partial charge in [-0.1, -0.05) is 13.8 Å². The molecule has 3 N–H and O–H groups in total. The fraction of sp³-hybridized carbons (Fsp3) is 0.550. The summed E-state index contributed by atoms with van der Waals surface area (Å²) in [7, 11) is 0. The zero-order chi connectivity index (χ0) is 18.8. The molecule has 0 radical (unpaired) electrons. The molecule has 1 saturated heterocycles. The molecule has 1 aliphatic carbocycles. The van der Waals surface area contributed by atoms with Gasteiger partial charge in [0.15, 0.2) is 6.04 Å². The van der Waals surface area contributed by atoms with Crippen LogP contribution in [0.3, 0.4) is 0 Å². The van der Waals surface area contributed by atoms with Crippen LogP contribution in [0.25, 0.3) is 0 Å². The number of imide groups is 1. The van der Waals surface area contributed by atoms with Gasteiger partial charge >= 0.3 is 0 Å². The zero-order valence-electron chi connectivity index (χ0n) is 15.7. The van der Waals surface area contributed by atoms with E-state index in [9.17, 15) is 14.4 Å². The van der Waals surface area contributed by atoms with Gasteiger partial charge in [0.2, 0.25) is 11.8 Å². The molecule has 6 heteroatoms. The number of benzene rings is 1. The minimum atomic E-state index is -0.324. The number of anilines is 2. The van der Waals surface area contributed by atoms with Crippen molar-refractivity contribution >= 4 is 29.1 Å². The fourth-order valence-electron chi connectivity index (χ4n) is 4.17. The Morgan fingerprint density at radius 3 is 2.50 bits per heavy atom. The molecule has 1 heterocycles. The van der Waals surface area contributed by atoms with Crippen LogP contribution in [0.1, 0.15) is 46.5 Å². The van der Waals surface area contributed by atoms with E-state index < -0.39 is 0 Å². The smallest absolute Gasteiger partial charge is 0.292 e. The van der Waals surface area contributed by atoms with Gasteiger partial charge < -0.3 is 10.6 Å². The molecule has 2 fully saturated rings. The molecular formula is C20H28N3O3+. The topological polar surface area (TPSA) is 83.1 Å². The van der Waals surface area contributed by atoms with Crippen molar-refractivity contribution in [3.63, 3.8) is 0 Å². The van der Waals surface area contributed by atoms with Crippen molar-refractivity contribution in [3.8, 4) is 0 Å². The Labute approximate surface area is 154 Å². The molecular weight excluding hydrogens is 330 g/mol. The van der Waals surface area contributed by atoms with E-state index in [0.717, 1.165) is 6.42 Å². The van der Waals surface area contributed by atoms with E-state index in [4.69, 9.17) is 0 Å². The van der Waals surface area contributed by atoms with Crippen molar-refractivity contribution in [2.24, 2.45) is 11.8 Å². The van der Waals surface area contributed by atoms with Crippen molar-refractivity contribution in [2.45, 2.75) is 58.5 Å². The highest BCUT2D eigenvalue weighted by molar-refractivity contribution is 6.21. The lowest BCUT2D eigenvalue weighted by Gasteiger charge is -2.33. The number of nitrogens with zero attached hydrogens (tertiary/aromatic N) is 1. The highest BCUT2D eigenvalue weighted by Crippen LogP contribution is 2.29. The van der Waals surface area contributed by atoms with E-state index in [1.165, 1.54) is 24.7 Å². The number of nitrogens with one attached hydrogen (secondary N) is 1. The lowest BCUT2D eigenvalue weighted by Crippen LogP contribution is -2.97. The quantitative estimate of drug-likeness (QED) is 0.803. The molecule has 1 saturated carbocycles. The monoisotopic (exact) mass is 358 g/mol. The Balaban J connectivity index is 1.69. The maximum atomic E-state index is 12.8. The van der Waals surface area contributed by atoms with Gasteiger partial charge in [0.25, 0.3) is 5.91 Å². The van der Waals surface area contributed by atoms with E-state index in [0.29, 0.717) is 29.3 Å². The molecule has 0 bridgehead atoms. The lowest BCUT2D eigenvalue weighted by molar-refractivity contribution is -0.716. The maximum Gasteiger partial charge on any atom is 0.292 e. The third-order valence-electron chi connectivity index (χ3n) is 5.88. The van der Waals surface area contributed by atoms with Crippen molar-refractivity contribution in [1.29, 1.82) is 0 Å². The molecule has 0 unspecified atom stereocenters. The molecule has 0 spiro atoms. The predicted molar refractivity (Wildman–Crippen MR) is 99.5 cm³/mol. The van der Waals surface area contributed by atoms with Crippen LogP contribution in [0.4, 0.5) is 11.4 Å². The van der Waals surface area contributed by atoms with Crippen molar-refractivity contribution in [3.05, 3.63) is 24.3 Å². The summed E-state index contributed by atoms with van der Waals surface area (Å²) in [5, 5.41) is 4.81. The molecule has 3 amide bonds. The Bertz CT molecular complexity index is 701. The summed E-state index contributed by atoms with van der Waals surface area (Å²) in [5.74, 6) is 0.775. The summed E-state index contributed by atoms with van der Waals surface area (Å²) < 4.78 is 0. The van der Waals surface area contributed by atoms with Gasteiger partial charge in [0.1, 0.15) is 0 Å². The van der Waals surface area contributed by atoms with Crippen LogP contribution < -0.4 is 15.5 Å². The van der Waals surface area contributed by atoms with Crippen LogP contribution in [0.2, 0.25) is 0 Å². The molecule has 1 aromatic carbocycles. The van der Waals surface area contributed by atoms with Crippen molar-refractivity contribution < 1.29 is 19.7 Å². The molecule has 26 heavy (non-hydrogen) atoms. The Kier molecular flexibility index (Phi) is 5.41. The molecule has 3 rings (SSSR count). The first kappa shape index (κ1) is 18.6. The Morgan fingerprint density at radius 1 is 1.15 bits per heavy atom. The van der Waals surface area contributed by atoms with E-state index in [1.54, 1.807) is 24.3 Å². The zero-order valence-corrected chi connectivity index (χ0v) is 15.7. The third kappa shape index (κ3) is 3.80. The number of hydrogen-bond acceptors (Lipinski definition) is 3. The van der Waals surface area contributed by atoms with Crippen LogP contribution >= 0.6 is 0 Å². The summed E-state index contributed by atoms with van der Waals surface area (Å²) in [6, 6.07) is 6.90. The minimum Gasteiger partial charge on any atom is -0.333 e. The summed E-state index contributed by atoms with van der Waals surface area (Å²) in [5.41, 5.74) is 1.21. The number of hydrogen-bond donors (Lipinski definition) is 2. The third-order valence-corrected chi connectivity index (χ3v) is 5.88. The summed E-state index contributed by atoms with van der Waals surface area (Å²) >= 11 is 0.